The lowest BCUT2D eigenvalue weighted by molar-refractivity contribution is -0.900. The van der Waals surface area contributed by atoms with Crippen LogP contribution in [-0.4, -0.2) is 93.0 Å². The molecule has 0 saturated carbocycles. The zero-order valence-corrected chi connectivity index (χ0v) is 18.1. The van der Waals surface area contributed by atoms with Crippen LogP contribution in [-0.2, 0) is 0 Å². The van der Waals surface area contributed by atoms with Gasteiger partial charge < -0.3 is 14.7 Å². The van der Waals surface area contributed by atoms with Crippen LogP contribution >= 0.6 is 11.6 Å². The van der Waals surface area contributed by atoms with Crippen LogP contribution in [0.2, 0.25) is 5.02 Å². The van der Waals surface area contributed by atoms with Gasteiger partial charge in [0.1, 0.15) is 5.69 Å². The van der Waals surface area contributed by atoms with E-state index < -0.39 is 0 Å². The highest BCUT2D eigenvalue weighted by Gasteiger charge is 2.40. The van der Waals surface area contributed by atoms with E-state index in [0.29, 0.717) is 23.4 Å². The molecule has 2 aliphatic heterocycles. The second kappa shape index (κ2) is 8.41. The number of hydrogen-bond acceptors (Lipinski definition) is 6. The van der Waals surface area contributed by atoms with E-state index in [9.17, 15) is 10.1 Å². The lowest BCUT2D eigenvalue weighted by Crippen LogP contribution is -2.63. The number of quaternary nitrogens is 1. The van der Waals surface area contributed by atoms with Crippen LogP contribution < -0.4 is 10.2 Å². The van der Waals surface area contributed by atoms with E-state index >= 15 is 0 Å². The number of benzene rings is 1. The molecule has 9 heteroatoms. The molecule has 0 radical (unpaired) electrons. The predicted octanol–water partition coefficient (Wildman–Crippen LogP) is 2.50. The number of nitrogens with zero attached hydrogens (tertiary/aromatic N) is 5. The number of nitro benzene ring substituents is 1. The van der Waals surface area contributed by atoms with Gasteiger partial charge in [-0.15, -0.1) is 0 Å². The Hall–Kier alpha value is -1.61. The zero-order valence-electron chi connectivity index (χ0n) is 17.3. The first-order chi connectivity index (χ1) is 13.2. The molecule has 3 rings (SSSR count). The Balaban J connectivity index is 1.69. The van der Waals surface area contributed by atoms with Crippen molar-refractivity contribution >= 4 is 28.7 Å². The smallest absolute Gasteiger partial charge is 0.293 e. The number of halogens is 1. The average molecular weight is 412 g/mol. The Bertz CT molecular complexity index is 723. The molecule has 8 nitrogen and oxygen atoms in total. The van der Waals surface area contributed by atoms with E-state index in [1.54, 1.807) is 0 Å². The van der Waals surface area contributed by atoms with Crippen molar-refractivity contribution in [1.82, 2.24) is 9.80 Å². The van der Waals surface area contributed by atoms with Crippen LogP contribution in [0.5, 0.6) is 0 Å². The van der Waals surface area contributed by atoms with Crippen molar-refractivity contribution in [3.8, 4) is 0 Å². The van der Waals surface area contributed by atoms with Crippen molar-refractivity contribution in [2.75, 3.05) is 77.8 Å². The first-order valence-corrected chi connectivity index (χ1v) is 10.2. The van der Waals surface area contributed by atoms with Crippen molar-refractivity contribution in [2.24, 2.45) is 0 Å². The summed E-state index contributed by atoms with van der Waals surface area (Å²) in [6.07, 6.45) is 2.36. The summed E-state index contributed by atoms with van der Waals surface area (Å²) in [5, 5.41) is 15.2. The summed E-state index contributed by atoms with van der Waals surface area (Å²) in [4.78, 5) is 18.1. The fraction of sp³-hybridized carbons (Fsp3) is 0.684. The molecule has 0 aromatic heterocycles. The minimum Gasteiger partial charge on any atom is -0.379 e. The number of hydrogen-bond donors (Lipinski definition) is 1. The van der Waals surface area contributed by atoms with Gasteiger partial charge in [-0.1, -0.05) is 11.6 Å². The minimum atomic E-state index is -0.360. The molecule has 2 heterocycles. The summed E-state index contributed by atoms with van der Waals surface area (Å²) >= 11 is 6.44. The van der Waals surface area contributed by atoms with Crippen LogP contribution in [0.3, 0.4) is 0 Å². The summed E-state index contributed by atoms with van der Waals surface area (Å²) in [6, 6.07) is 3.34. The van der Waals surface area contributed by atoms with Gasteiger partial charge in [-0.2, -0.15) is 0 Å². The molecule has 2 aliphatic rings. The van der Waals surface area contributed by atoms with Gasteiger partial charge in [0.15, 0.2) is 6.17 Å². The molecule has 2 saturated heterocycles. The van der Waals surface area contributed by atoms with Crippen molar-refractivity contribution < 1.29 is 9.41 Å². The third-order valence-corrected chi connectivity index (χ3v) is 5.96. The molecule has 1 atom stereocenters. The van der Waals surface area contributed by atoms with E-state index in [4.69, 9.17) is 11.6 Å². The molecule has 0 bridgehead atoms. The van der Waals surface area contributed by atoms with Gasteiger partial charge in [-0.25, -0.2) is 0 Å². The van der Waals surface area contributed by atoms with Gasteiger partial charge in [0.2, 0.25) is 0 Å². The third kappa shape index (κ3) is 4.68. The lowest BCUT2D eigenvalue weighted by Gasteiger charge is -2.49. The highest BCUT2D eigenvalue weighted by atomic mass is 35.5. The Morgan fingerprint density at radius 3 is 2.57 bits per heavy atom. The predicted molar refractivity (Wildman–Crippen MR) is 114 cm³/mol. The molecule has 1 unspecified atom stereocenters. The van der Waals surface area contributed by atoms with E-state index in [1.165, 1.54) is 6.07 Å². The van der Waals surface area contributed by atoms with Gasteiger partial charge in [0.05, 0.1) is 43.4 Å². The van der Waals surface area contributed by atoms with Gasteiger partial charge >= 0.3 is 0 Å². The number of anilines is 2. The summed E-state index contributed by atoms with van der Waals surface area (Å²) < 4.78 is 0.806. The largest absolute Gasteiger partial charge is 0.379 e. The lowest BCUT2D eigenvalue weighted by atomic mass is 10.1. The first-order valence-electron chi connectivity index (χ1n) is 9.87. The zero-order chi connectivity index (χ0) is 20.5. The molecule has 0 spiro atoms. The van der Waals surface area contributed by atoms with Gasteiger partial charge in [0, 0.05) is 45.2 Å². The van der Waals surface area contributed by atoms with Crippen LogP contribution in [0.25, 0.3) is 0 Å². The van der Waals surface area contributed by atoms with Gasteiger partial charge in [-0.3, -0.25) is 19.9 Å². The number of rotatable bonds is 8. The molecule has 1 aromatic rings. The maximum absolute atomic E-state index is 11.5. The van der Waals surface area contributed by atoms with Crippen molar-refractivity contribution in [1.29, 1.82) is 0 Å². The highest BCUT2D eigenvalue weighted by molar-refractivity contribution is 6.33. The third-order valence-electron chi connectivity index (χ3n) is 5.66. The number of nitro groups is 1. The molecular weight excluding hydrogens is 380 g/mol. The standard InChI is InChI=1S/C19H32ClN6O2/c1-22-10-11-23(14-22)8-5-7-21-16-13-17(15(20)12-18(16)25(27)28)24-9-6-19(24)26(2,3)4/h12-13,19,21H,5-11,14H2,1-4H3/q+1. The SMILES string of the molecule is CN1CCN(CCCNc2cc(N3CCC3[N+](C)(C)C)c(Cl)cc2[N+](=O)[O-])C1. The maximum atomic E-state index is 11.5. The van der Waals surface area contributed by atoms with E-state index in [1.807, 2.05) is 6.07 Å². The molecule has 1 N–H and O–H groups in total. The van der Waals surface area contributed by atoms with Crippen LogP contribution in [0.4, 0.5) is 17.1 Å². The Morgan fingerprint density at radius 2 is 2.04 bits per heavy atom. The molecular formula is C19H32ClN6O2+. The number of nitrogens with one attached hydrogen (secondary N) is 1. The molecule has 0 amide bonds. The average Bonchev–Trinajstić information content (AvgIpc) is 2.96. The van der Waals surface area contributed by atoms with Gasteiger partial charge in [-0.05, 0) is 19.5 Å². The Kier molecular flexibility index (Phi) is 6.34. The highest BCUT2D eigenvalue weighted by Crippen LogP contribution is 2.40. The van der Waals surface area contributed by atoms with Crippen LogP contribution in [0.1, 0.15) is 12.8 Å². The van der Waals surface area contributed by atoms with Crippen LogP contribution in [0, 0.1) is 10.1 Å². The van der Waals surface area contributed by atoms with Crippen molar-refractivity contribution in [3.05, 3.63) is 27.3 Å². The quantitative estimate of drug-likeness (QED) is 0.307. The molecule has 1 aromatic carbocycles. The fourth-order valence-electron chi connectivity index (χ4n) is 4.03. The Labute approximate surface area is 172 Å². The summed E-state index contributed by atoms with van der Waals surface area (Å²) in [5.74, 6) is 0. The summed E-state index contributed by atoms with van der Waals surface area (Å²) in [5.41, 5.74) is 1.47. The second-order valence-corrected chi connectivity index (χ2v) is 9.18. The van der Waals surface area contributed by atoms with Gasteiger partial charge in [0.25, 0.3) is 5.69 Å². The fourth-order valence-corrected chi connectivity index (χ4v) is 4.29. The molecule has 2 fully saturated rings. The van der Waals surface area contributed by atoms with Crippen LogP contribution in [0.15, 0.2) is 12.1 Å². The van der Waals surface area contributed by atoms with E-state index in [-0.39, 0.29) is 10.6 Å². The minimum absolute atomic E-state index is 0.0389. The summed E-state index contributed by atoms with van der Waals surface area (Å²) in [6.45, 7) is 5.78. The molecule has 0 aliphatic carbocycles. The first kappa shape index (κ1) is 21.1. The van der Waals surface area contributed by atoms with Crippen molar-refractivity contribution in [3.63, 3.8) is 0 Å². The maximum Gasteiger partial charge on any atom is 0.293 e. The summed E-state index contributed by atoms with van der Waals surface area (Å²) in [7, 11) is 8.59. The van der Waals surface area contributed by atoms with E-state index in [0.717, 1.165) is 55.9 Å². The number of likely N-dealkylation sites (N-methyl/N-ethyl adjacent to an activating group) is 1. The normalized spacial score (nSPS) is 21.0. The second-order valence-electron chi connectivity index (χ2n) is 8.78. The topological polar surface area (TPSA) is 64.9 Å². The van der Waals surface area contributed by atoms with Crippen molar-refractivity contribution in [2.45, 2.75) is 19.0 Å². The molecule has 156 valence electrons. The molecule has 28 heavy (non-hydrogen) atoms. The Morgan fingerprint density at radius 1 is 1.29 bits per heavy atom. The van der Waals surface area contributed by atoms with E-state index in [2.05, 4.69) is 48.2 Å². The monoisotopic (exact) mass is 411 g/mol.